The number of ether oxygens (including phenoxy) is 2. The Morgan fingerprint density at radius 3 is 2.75 bits per heavy atom. The monoisotopic (exact) mass is 224 g/mol. The quantitative estimate of drug-likeness (QED) is 0.595. The molecule has 0 aliphatic rings. The number of benzene rings is 1. The summed E-state index contributed by atoms with van der Waals surface area (Å²) in [5, 5.41) is 9.76. The zero-order valence-corrected chi connectivity index (χ0v) is 9.53. The van der Waals surface area contributed by atoms with E-state index in [2.05, 4.69) is 0 Å². The molecule has 0 aliphatic heterocycles. The molecule has 0 fully saturated rings. The Balaban J connectivity index is 2.96. The Bertz CT molecular complexity index is 360. The third-order valence-electron chi connectivity index (χ3n) is 2.22. The first-order valence-corrected chi connectivity index (χ1v) is 5.22. The molecule has 1 aromatic rings. The van der Waals surface area contributed by atoms with Crippen LogP contribution in [0.5, 0.6) is 17.2 Å². The average molecular weight is 224 g/mol. The van der Waals surface area contributed by atoms with Crippen molar-refractivity contribution in [1.29, 1.82) is 0 Å². The smallest absolute Gasteiger partial charge is 0.204 e. The van der Waals surface area contributed by atoms with E-state index in [0.717, 1.165) is 12.8 Å². The van der Waals surface area contributed by atoms with E-state index in [1.165, 1.54) is 13.2 Å². The maximum atomic E-state index is 10.7. The highest BCUT2D eigenvalue weighted by atomic mass is 16.5. The van der Waals surface area contributed by atoms with Crippen LogP contribution >= 0.6 is 0 Å². The third kappa shape index (κ3) is 2.66. The summed E-state index contributed by atoms with van der Waals surface area (Å²) in [7, 11) is 1.49. The van der Waals surface area contributed by atoms with Gasteiger partial charge in [0.05, 0.1) is 19.3 Å². The molecule has 0 saturated carbocycles. The van der Waals surface area contributed by atoms with Gasteiger partial charge in [-0.05, 0) is 18.6 Å². The molecule has 1 rings (SSSR count). The maximum Gasteiger partial charge on any atom is 0.204 e. The van der Waals surface area contributed by atoms with Gasteiger partial charge in [0.25, 0.3) is 0 Å². The summed E-state index contributed by atoms with van der Waals surface area (Å²) >= 11 is 0. The fourth-order valence-electron chi connectivity index (χ4n) is 1.28. The molecule has 0 aliphatic carbocycles. The van der Waals surface area contributed by atoms with Crippen LogP contribution in [-0.4, -0.2) is 25.1 Å². The molecule has 1 aromatic carbocycles. The fourth-order valence-corrected chi connectivity index (χ4v) is 1.28. The first kappa shape index (κ1) is 12.4. The summed E-state index contributed by atoms with van der Waals surface area (Å²) in [6, 6.07) is 3.10. The van der Waals surface area contributed by atoms with Crippen LogP contribution in [0, 0.1) is 0 Å². The second-order valence-corrected chi connectivity index (χ2v) is 3.35. The van der Waals surface area contributed by atoms with Gasteiger partial charge in [-0.1, -0.05) is 13.3 Å². The van der Waals surface area contributed by atoms with Gasteiger partial charge in [0.15, 0.2) is 17.8 Å². The number of rotatable bonds is 6. The van der Waals surface area contributed by atoms with E-state index in [1.807, 2.05) is 6.92 Å². The SMILES string of the molecule is CCCCOc1c(OC)ccc(C=O)c1O. The molecule has 88 valence electrons. The molecule has 1 N–H and O–H groups in total. The molecule has 0 saturated heterocycles. The summed E-state index contributed by atoms with van der Waals surface area (Å²) in [5.41, 5.74) is 0.201. The number of phenolic OH excluding ortho intramolecular Hbond substituents is 1. The fraction of sp³-hybridized carbons (Fsp3) is 0.417. The molecule has 0 atom stereocenters. The Hall–Kier alpha value is -1.71. The van der Waals surface area contributed by atoms with Gasteiger partial charge in [0.2, 0.25) is 5.75 Å². The second kappa shape index (κ2) is 6.00. The van der Waals surface area contributed by atoms with Crippen LogP contribution in [0.15, 0.2) is 12.1 Å². The lowest BCUT2D eigenvalue weighted by Gasteiger charge is -2.12. The topological polar surface area (TPSA) is 55.8 Å². The van der Waals surface area contributed by atoms with Crippen molar-refractivity contribution in [2.24, 2.45) is 0 Å². The van der Waals surface area contributed by atoms with Gasteiger partial charge in [-0.2, -0.15) is 0 Å². The summed E-state index contributed by atoms with van der Waals surface area (Å²) in [5.74, 6) is 0.505. The molecule has 0 unspecified atom stereocenters. The predicted octanol–water partition coefficient (Wildman–Crippen LogP) is 2.39. The average Bonchev–Trinajstić information content (AvgIpc) is 2.31. The number of unbranched alkanes of at least 4 members (excludes halogenated alkanes) is 1. The molecule has 0 amide bonds. The van der Waals surface area contributed by atoms with E-state index in [9.17, 15) is 9.90 Å². The summed E-state index contributed by atoms with van der Waals surface area (Å²) in [4.78, 5) is 10.7. The maximum absolute atomic E-state index is 10.7. The predicted molar refractivity (Wildman–Crippen MR) is 60.4 cm³/mol. The van der Waals surface area contributed by atoms with E-state index in [1.54, 1.807) is 6.07 Å². The van der Waals surface area contributed by atoms with Crippen molar-refractivity contribution < 1.29 is 19.4 Å². The molecule has 0 bridgehead atoms. The molecule has 0 spiro atoms. The molecular weight excluding hydrogens is 208 g/mol. The highest BCUT2D eigenvalue weighted by molar-refractivity contribution is 5.82. The van der Waals surface area contributed by atoms with Gasteiger partial charge in [-0.15, -0.1) is 0 Å². The Morgan fingerprint density at radius 1 is 1.44 bits per heavy atom. The number of aromatic hydroxyl groups is 1. The molecule has 0 aromatic heterocycles. The molecule has 0 radical (unpaired) electrons. The van der Waals surface area contributed by atoms with E-state index >= 15 is 0 Å². The zero-order chi connectivity index (χ0) is 12.0. The van der Waals surface area contributed by atoms with Crippen LogP contribution in [0.4, 0.5) is 0 Å². The number of methoxy groups -OCH3 is 1. The van der Waals surface area contributed by atoms with E-state index in [-0.39, 0.29) is 17.1 Å². The largest absolute Gasteiger partial charge is 0.504 e. The van der Waals surface area contributed by atoms with Crippen molar-refractivity contribution in [3.63, 3.8) is 0 Å². The highest BCUT2D eigenvalue weighted by Gasteiger charge is 2.14. The number of hydrogen-bond donors (Lipinski definition) is 1. The van der Waals surface area contributed by atoms with Gasteiger partial charge >= 0.3 is 0 Å². The highest BCUT2D eigenvalue weighted by Crippen LogP contribution is 2.38. The summed E-state index contributed by atoms with van der Waals surface area (Å²) < 4.78 is 10.5. The van der Waals surface area contributed by atoms with Crippen LogP contribution < -0.4 is 9.47 Å². The van der Waals surface area contributed by atoms with Crippen molar-refractivity contribution in [3.8, 4) is 17.2 Å². The van der Waals surface area contributed by atoms with Gasteiger partial charge in [-0.3, -0.25) is 4.79 Å². The van der Waals surface area contributed by atoms with E-state index < -0.39 is 0 Å². The molecule has 4 nitrogen and oxygen atoms in total. The Morgan fingerprint density at radius 2 is 2.19 bits per heavy atom. The minimum atomic E-state index is -0.162. The zero-order valence-electron chi connectivity index (χ0n) is 9.53. The number of aldehydes is 1. The van der Waals surface area contributed by atoms with Crippen molar-refractivity contribution in [2.45, 2.75) is 19.8 Å². The molecule has 16 heavy (non-hydrogen) atoms. The summed E-state index contributed by atoms with van der Waals surface area (Å²) in [6.45, 7) is 2.53. The lowest BCUT2D eigenvalue weighted by molar-refractivity contribution is 0.112. The number of hydrogen-bond acceptors (Lipinski definition) is 4. The Labute approximate surface area is 94.8 Å². The minimum absolute atomic E-state index is 0.162. The van der Waals surface area contributed by atoms with Gasteiger partial charge in [0.1, 0.15) is 0 Å². The lowest BCUT2D eigenvalue weighted by atomic mass is 10.2. The van der Waals surface area contributed by atoms with E-state index in [0.29, 0.717) is 18.6 Å². The normalized spacial score (nSPS) is 9.88. The van der Waals surface area contributed by atoms with E-state index in [4.69, 9.17) is 9.47 Å². The van der Waals surface area contributed by atoms with Gasteiger partial charge in [-0.25, -0.2) is 0 Å². The minimum Gasteiger partial charge on any atom is -0.504 e. The first-order valence-electron chi connectivity index (χ1n) is 5.22. The van der Waals surface area contributed by atoms with Crippen molar-refractivity contribution in [1.82, 2.24) is 0 Å². The van der Waals surface area contributed by atoms with Crippen LogP contribution in [-0.2, 0) is 0 Å². The number of phenols is 1. The molecule has 4 heteroatoms. The summed E-state index contributed by atoms with van der Waals surface area (Å²) in [6.07, 6.45) is 2.46. The van der Waals surface area contributed by atoms with Gasteiger partial charge < -0.3 is 14.6 Å². The van der Waals surface area contributed by atoms with Crippen LogP contribution in [0.1, 0.15) is 30.1 Å². The molecule has 0 heterocycles. The van der Waals surface area contributed by atoms with Gasteiger partial charge in [0, 0.05) is 0 Å². The second-order valence-electron chi connectivity index (χ2n) is 3.35. The lowest BCUT2D eigenvalue weighted by Crippen LogP contribution is -2.00. The third-order valence-corrected chi connectivity index (χ3v) is 2.22. The number of carbonyl (C=O) groups excluding carboxylic acids is 1. The van der Waals surface area contributed by atoms with Crippen molar-refractivity contribution in [2.75, 3.05) is 13.7 Å². The number of carbonyl (C=O) groups is 1. The van der Waals surface area contributed by atoms with Crippen LogP contribution in [0.3, 0.4) is 0 Å². The standard InChI is InChI=1S/C12H16O4/c1-3-4-7-16-12-10(15-2)6-5-9(8-13)11(12)14/h5-6,8,14H,3-4,7H2,1-2H3. The van der Waals surface area contributed by atoms with Crippen LogP contribution in [0.25, 0.3) is 0 Å². The van der Waals surface area contributed by atoms with Crippen molar-refractivity contribution >= 4 is 6.29 Å². The van der Waals surface area contributed by atoms with Crippen LogP contribution in [0.2, 0.25) is 0 Å². The first-order chi connectivity index (χ1) is 7.74. The van der Waals surface area contributed by atoms with Crippen molar-refractivity contribution in [3.05, 3.63) is 17.7 Å². The Kier molecular flexibility index (Phi) is 4.64. The molecular formula is C12H16O4.